The Balaban J connectivity index is 2.67. The number of aromatic nitrogens is 2. The summed E-state index contributed by atoms with van der Waals surface area (Å²) >= 11 is 0. The number of hydrogen-bond acceptors (Lipinski definition) is 0. The summed E-state index contributed by atoms with van der Waals surface area (Å²) in [6, 6.07) is 6.61. The summed E-state index contributed by atoms with van der Waals surface area (Å²) in [5, 5.41) is 0. The van der Waals surface area contributed by atoms with Crippen molar-refractivity contribution in [3.8, 4) is 11.4 Å². The van der Waals surface area contributed by atoms with Crippen LogP contribution < -0.4 is 4.98 Å². The normalized spacial score (nSPS) is 11.4. The quantitative estimate of drug-likeness (QED) is 0.831. The molecule has 2 heteroatoms. The van der Waals surface area contributed by atoms with Gasteiger partial charge < -0.3 is 0 Å². The lowest BCUT2D eigenvalue weighted by atomic mass is 9.88. The second-order valence-corrected chi connectivity index (χ2v) is 5.12. The summed E-state index contributed by atoms with van der Waals surface area (Å²) in [6.07, 6.45) is 3.88. The molecule has 0 fully saturated rings. The number of H-pyrrole nitrogens is 2. The zero-order valence-corrected chi connectivity index (χ0v) is 11.0. The molecule has 1 aromatic heterocycles. The van der Waals surface area contributed by atoms with Gasteiger partial charge >= 0.3 is 0 Å². The van der Waals surface area contributed by atoms with Gasteiger partial charge in [0.2, 0.25) is 0 Å². The fourth-order valence-corrected chi connectivity index (χ4v) is 2.28. The number of imidazole rings is 1. The Hall–Kier alpha value is -1.57. The Labute approximate surface area is 103 Å². The summed E-state index contributed by atoms with van der Waals surface area (Å²) in [6.45, 7) is 8.97. The molecule has 0 atom stereocenters. The minimum atomic E-state index is 0.528. The molecule has 90 valence electrons. The molecule has 0 aliphatic heterocycles. The number of nitrogens with one attached hydrogen (secondary N) is 2. The van der Waals surface area contributed by atoms with Gasteiger partial charge in [-0.2, -0.15) is 0 Å². The van der Waals surface area contributed by atoms with Crippen molar-refractivity contribution < 1.29 is 4.98 Å². The van der Waals surface area contributed by atoms with Crippen molar-refractivity contribution in [2.45, 2.75) is 39.5 Å². The summed E-state index contributed by atoms with van der Waals surface area (Å²) in [7, 11) is 0. The van der Waals surface area contributed by atoms with Crippen LogP contribution in [0.4, 0.5) is 0 Å². The molecule has 0 saturated carbocycles. The van der Waals surface area contributed by atoms with Crippen molar-refractivity contribution in [3.63, 3.8) is 0 Å². The molecule has 2 rings (SSSR count). The van der Waals surface area contributed by atoms with E-state index in [0.717, 1.165) is 5.82 Å². The van der Waals surface area contributed by atoms with E-state index in [-0.39, 0.29) is 0 Å². The lowest BCUT2D eigenvalue weighted by molar-refractivity contribution is -0.362. The largest absolute Gasteiger partial charge is 0.284 e. The van der Waals surface area contributed by atoms with Gasteiger partial charge in [0, 0.05) is 0 Å². The Bertz CT molecular complexity index is 455. The molecule has 17 heavy (non-hydrogen) atoms. The minimum Gasteiger partial charge on any atom is -0.243 e. The molecule has 0 aliphatic carbocycles. The number of aromatic amines is 2. The highest BCUT2D eigenvalue weighted by Gasteiger charge is 2.19. The Kier molecular flexibility index (Phi) is 3.32. The zero-order chi connectivity index (χ0) is 12.4. The van der Waals surface area contributed by atoms with Crippen LogP contribution in [0.2, 0.25) is 0 Å². The van der Waals surface area contributed by atoms with Gasteiger partial charge in [0.15, 0.2) is 0 Å². The van der Waals surface area contributed by atoms with Crippen molar-refractivity contribution in [1.82, 2.24) is 4.98 Å². The maximum Gasteiger partial charge on any atom is 0.284 e. The second-order valence-electron chi connectivity index (χ2n) is 5.12. The molecule has 0 saturated heterocycles. The van der Waals surface area contributed by atoms with Crippen LogP contribution in [0.1, 0.15) is 50.7 Å². The van der Waals surface area contributed by atoms with Crippen molar-refractivity contribution in [1.29, 1.82) is 0 Å². The van der Waals surface area contributed by atoms with Gasteiger partial charge in [-0.3, -0.25) is 0 Å². The van der Waals surface area contributed by atoms with E-state index < -0.39 is 0 Å². The van der Waals surface area contributed by atoms with Crippen molar-refractivity contribution in [2.24, 2.45) is 0 Å². The summed E-state index contributed by atoms with van der Waals surface area (Å²) in [5.41, 5.74) is 4.13. The van der Waals surface area contributed by atoms with Gasteiger partial charge in [-0.25, -0.2) is 9.97 Å². The smallest absolute Gasteiger partial charge is 0.243 e. The Morgan fingerprint density at radius 2 is 1.59 bits per heavy atom. The SMILES string of the molecule is CC(C)c1cccc(C(C)C)c1-c1[nH]cc[nH+]1. The topological polar surface area (TPSA) is 29.9 Å². The van der Waals surface area contributed by atoms with E-state index in [1.54, 1.807) is 0 Å². The first kappa shape index (κ1) is 11.9. The molecule has 0 aliphatic rings. The predicted octanol–water partition coefficient (Wildman–Crippen LogP) is 3.74. The monoisotopic (exact) mass is 229 g/mol. The molecule has 2 nitrogen and oxygen atoms in total. The van der Waals surface area contributed by atoms with Gasteiger partial charge in [0.05, 0.1) is 5.56 Å². The average Bonchev–Trinajstić information content (AvgIpc) is 2.80. The van der Waals surface area contributed by atoms with Crippen LogP contribution in [0.3, 0.4) is 0 Å². The highest BCUT2D eigenvalue weighted by Crippen LogP contribution is 2.33. The zero-order valence-electron chi connectivity index (χ0n) is 11.0. The molecular formula is C15H21N2+. The van der Waals surface area contributed by atoms with E-state index >= 15 is 0 Å². The molecule has 1 aromatic carbocycles. The predicted molar refractivity (Wildman–Crippen MR) is 71.0 cm³/mol. The van der Waals surface area contributed by atoms with E-state index in [2.05, 4.69) is 55.9 Å². The van der Waals surface area contributed by atoms with Crippen LogP contribution in [0, 0.1) is 0 Å². The van der Waals surface area contributed by atoms with Crippen molar-refractivity contribution in [3.05, 3.63) is 41.7 Å². The number of rotatable bonds is 3. The molecule has 0 spiro atoms. The third kappa shape index (κ3) is 2.26. The molecule has 2 aromatic rings. The average molecular weight is 229 g/mol. The van der Waals surface area contributed by atoms with E-state index in [4.69, 9.17) is 0 Å². The Morgan fingerprint density at radius 1 is 1.00 bits per heavy atom. The van der Waals surface area contributed by atoms with Gasteiger partial charge in [0.25, 0.3) is 5.82 Å². The molecule has 2 N–H and O–H groups in total. The maximum absolute atomic E-state index is 3.29. The first-order chi connectivity index (χ1) is 8.11. The second kappa shape index (κ2) is 4.74. The van der Waals surface area contributed by atoms with Gasteiger partial charge in [-0.05, 0) is 23.0 Å². The lowest BCUT2D eigenvalue weighted by Gasteiger charge is -2.15. The van der Waals surface area contributed by atoms with Crippen LogP contribution in [-0.4, -0.2) is 4.98 Å². The van der Waals surface area contributed by atoms with E-state index in [0.29, 0.717) is 11.8 Å². The van der Waals surface area contributed by atoms with Crippen LogP contribution >= 0.6 is 0 Å². The highest BCUT2D eigenvalue weighted by molar-refractivity contribution is 5.64. The molecule has 0 radical (unpaired) electrons. The standard InChI is InChI=1S/C15H20N2/c1-10(2)12-6-5-7-13(11(3)4)14(12)15-16-8-9-17-15/h5-11H,1-4H3,(H,16,17)/p+1. The highest BCUT2D eigenvalue weighted by atomic mass is 14.9. The van der Waals surface area contributed by atoms with Crippen LogP contribution in [0.5, 0.6) is 0 Å². The lowest BCUT2D eigenvalue weighted by Crippen LogP contribution is -2.07. The third-order valence-electron chi connectivity index (χ3n) is 3.16. The van der Waals surface area contributed by atoms with E-state index in [1.807, 2.05) is 12.4 Å². The first-order valence-corrected chi connectivity index (χ1v) is 6.29. The molecule has 1 heterocycles. The summed E-state index contributed by atoms with van der Waals surface area (Å²) in [5.74, 6) is 2.17. The van der Waals surface area contributed by atoms with Gasteiger partial charge in [-0.15, -0.1) is 0 Å². The minimum absolute atomic E-state index is 0.528. The van der Waals surface area contributed by atoms with E-state index in [9.17, 15) is 0 Å². The number of benzene rings is 1. The fraction of sp³-hybridized carbons (Fsp3) is 0.400. The molecular weight excluding hydrogens is 208 g/mol. The van der Waals surface area contributed by atoms with Gasteiger partial charge in [-0.1, -0.05) is 45.9 Å². The Morgan fingerprint density at radius 3 is 2.00 bits per heavy atom. The van der Waals surface area contributed by atoms with Crippen LogP contribution in [-0.2, 0) is 0 Å². The van der Waals surface area contributed by atoms with Crippen molar-refractivity contribution in [2.75, 3.05) is 0 Å². The maximum atomic E-state index is 3.29. The number of hydrogen-bond donors (Lipinski definition) is 1. The molecule has 0 bridgehead atoms. The fourth-order valence-electron chi connectivity index (χ4n) is 2.28. The summed E-state index contributed by atoms with van der Waals surface area (Å²) < 4.78 is 0. The van der Waals surface area contributed by atoms with Crippen molar-refractivity contribution >= 4 is 0 Å². The van der Waals surface area contributed by atoms with E-state index in [1.165, 1.54) is 16.7 Å². The third-order valence-corrected chi connectivity index (χ3v) is 3.16. The summed E-state index contributed by atoms with van der Waals surface area (Å²) in [4.78, 5) is 6.58. The molecule has 0 unspecified atom stereocenters. The van der Waals surface area contributed by atoms with Crippen LogP contribution in [0.15, 0.2) is 30.6 Å². The van der Waals surface area contributed by atoms with Gasteiger partial charge in [0.1, 0.15) is 12.4 Å². The first-order valence-electron chi connectivity index (χ1n) is 6.29. The van der Waals surface area contributed by atoms with Crippen LogP contribution in [0.25, 0.3) is 11.4 Å². The molecule has 0 amide bonds.